The molecule has 0 atom stereocenters. The van der Waals surface area contributed by atoms with Crippen LogP contribution in [0.5, 0.6) is 0 Å². The first-order chi connectivity index (χ1) is 13.6. The summed E-state index contributed by atoms with van der Waals surface area (Å²) in [5.41, 5.74) is 4.39. The number of carbonyl (C=O) groups excluding carboxylic acids is 1. The van der Waals surface area contributed by atoms with Crippen molar-refractivity contribution in [3.05, 3.63) is 71.0 Å². The quantitative estimate of drug-likeness (QED) is 0.682. The van der Waals surface area contributed by atoms with E-state index >= 15 is 0 Å². The van der Waals surface area contributed by atoms with Gasteiger partial charge in [-0.3, -0.25) is 4.79 Å². The molecule has 0 aliphatic carbocycles. The third kappa shape index (κ3) is 3.98. The molecule has 5 nitrogen and oxygen atoms in total. The third-order valence-electron chi connectivity index (χ3n) is 5.52. The molecule has 2 heterocycles. The van der Waals surface area contributed by atoms with Crippen LogP contribution in [0, 0.1) is 13.8 Å². The predicted molar refractivity (Wildman–Crippen MR) is 108 cm³/mol. The van der Waals surface area contributed by atoms with E-state index in [0.29, 0.717) is 12.3 Å². The van der Waals surface area contributed by atoms with Crippen LogP contribution in [-0.4, -0.2) is 34.0 Å². The number of benzene rings is 2. The minimum atomic E-state index is 0.196. The topological polar surface area (TPSA) is 59.2 Å². The van der Waals surface area contributed by atoms with E-state index in [1.807, 2.05) is 54.3 Å². The lowest BCUT2D eigenvalue weighted by atomic mass is 9.95. The maximum absolute atomic E-state index is 12.7. The summed E-state index contributed by atoms with van der Waals surface area (Å²) in [5.74, 6) is 1.76. The van der Waals surface area contributed by atoms with E-state index in [2.05, 4.69) is 23.1 Å². The second kappa shape index (κ2) is 7.97. The normalized spacial score (nSPS) is 15.0. The highest BCUT2D eigenvalue weighted by molar-refractivity contribution is 5.79. The van der Waals surface area contributed by atoms with Crippen LogP contribution in [0.1, 0.15) is 41.3 Å². The lowest BCUT2D eigenvalue weighted by molar-refractivity contribution is -0.131. The Morgan fingerprint density at radius 3 is 2.64 bits per heavy atom. The van der Waals surface area contributed by atoms with Crippen molar-refractivity contribution in [1.29, 1.82) is 0 Å². The lowest BCUT2D eigenvalue weighted by Crippen LogP contribution is -2.39. The second-order valence-corrected chi connectivity index (χ2v) is 7.59. The molecule has 0 spiro atoms. The van der Waals surface area contributed by atoms with Crippen LogP contribution in [0.4, 0.5) is 0 Å². The highest BCUT2D eigenvalue weighted by Gasteiger charge is 2.27. The van der Waals surface area contributed by atoms with E-state index < -0.39 is 0 Å². The molecular weight excluding hydrogens is 350 g/mol. The van der Waals surface area contributed by atoms with Crippen LogP contribution in [0.2, 0.25) is 0 Å². The van der Waals surface area contributed by atoms with Crippen molar-refractivity contribution in [2.45, 2.75) is 39.0 Å². The molecular formula is C23H25N3O2. The van der Waals surface area contributed by atoms with Gasteiger partial charge in [0.1, 0.15) is 0 Å². The van der Waals surface area contributed by atoms with E-state index in [1.54, 1.807) is 0 Å². The number of aromatic nitrogens is 2. The number of carbonyl (C=O) groups is 1. The number of hydrogen-bond donors (Lipinski definition) is 0. The molecule has 3 aromatic rings. The SMILES string of the molecule is Cc1cccc(-c2nc(C3CCN(C(=O)Cc4ccccc4C)CC3)no2)c1. The molecule has 0 unspecified atom stereocenters. The monoisotopic (exact) mass is 375 g/mol. The minimum absolute atomic E-state index is 0.196. The summed E-state index contributed by atoms with van der Waals surface area (Å²) in [6.07, 6.45) is 2.20. The Morgan fingerprint density at radius 1 is 1.11 bits per heavy atom. The van der Waals surface area contributed by atoms with Gasteiger partial charge < -0.3 is 9.42 Å². The Hall–Kier alpha value is -2.95. The number of nitrogens with zero attached hydrogens (tertiary/aromatic N) is 3. The molecule has 1 amide bonds. The number of hydrogen-bond acceptors (Lipinski definition) is 4. The first-order valence-corrected chi connectivity index (χ1v) is 9.83. The molecule has 1 saturated heterocycles. The summed E-state index contributed by atoms with van der Waals surface area (Å²) in [4.78, 5) is 19.2. The molecule has 1 fully saturated rings. The Bertz CT molecular complexity index is 971. The number of piperidine rings is 1. The summed E-state index contributed by atoms with van der Waals surface area (Å²) in [6.45, 7) is 5.58. The smallest absolute Gasteiger partial charge is 0.257 e. The van der Waals surface area contributed by atoms with Gasteiger partial charge in [0, 0.05) is 24.6 Å². The molecule has 144 valence electrons. The highest BCUT2D eigenvalue weighted by Crippen LogP contribution is 2.28. The average molecular weight is 375 g/mol. The van der Waals surface area contributed by atoms with Crippen molar-refractivity contribution in [3.63, 3.8) is 0 Å². The average Bonchev–Trinajstić information content (AvgIpc) is 3.20. The fraction of sp³-hybridized carbons (Fsp3) is 0.348. The summed E-state index contributed by atoms with van der Waals surface area (Å²) in [6, 6.07) is 16.1. The van der Waals surface area contributed by atoms with Crippen molar-refractivity contribution < 1.29 is 9.32 Å². The van der Waals surface area contributed by atoms with Crippen LogP contribution in [0.15, 0.2) is 53.1 Å². The van der Waals surface area contributed by atoms with Crippen LogP contribution in [0.25, 0.3) is 11.5 Å². The Morgan fingerprint density at radius 2 is 1.89 bits per heavy atom. The summed E-state index contributed by atoms with van der Waals surface area (Å²) < 4.78 is 5.48. The number of amides is 1. The fourth-order valence-electron chi connectivity index (χ4n) is 3.77. The van der Waals surface area contributed by atoms with Gasteiger partial charge in [0.25, 0.3) is 5.89 Å². The molecule has 2 aromatic carbocycles. The molecule has 0 bridgehead atoms. The van der Waals surface area contributed by atoms with E-state index in [4.69, 9.17) is 4.52 Å². The van der Waals surface area contributed by atoms with Crippen LogP contribution < -0.4 is 0 Å². The second-order valence-electron chi connectivity index (χ2n) is 7.59. The summed E-state index contributed by atoms with van der Waals surface area (Å²) in [7, 11) is 0. The molecule has 1 aliphatic heterocycles. The zero-order valence-electron chi connectivity index (χ0n) is 16.4. The Balaban J connectivity index is 1.37. The maximum Gasteiger partial charge on any atom is 0.257 e. The molecule has 28 heavy (non-hydrogen) atoms. The van der Waals surface area contributed by atoms with Gasteiger partial charge in [0.2, 0.25) is 5.91 Å². The molecule has 0 saturated carbocycles. The minimum Gasteiger partial charge on any atom is -0.342 e. The van der Waals surface area contributed by atoms with Gasteiger partial charge in [-0.25, -0.2) is 0 Å². The number of likely N-dealkylation sites (tertiary alicyclic amines) is 1. The van der Waals surface area contributed by atoms with E-state index in [9.17, 15) is 4.79 Å². The largest absolute Gasteiger partial charge is 0.342 e. The molecule has 5 heteroatoms. The molecule has 4 rings (SSSR count). The molecule has 1 aliphatic rings. The Kier molecular flexibility index (Phi) is 5.24. The fourth-order valence-corrected chi connectivity index (χ4v) is 3.77. The van der Waals surface area contributed by atoms with Gasteiger partial charge in [0.15, 0.2) is 5.82 Å². The van der Waals surface area contributed by atoms with Gasteiger partial charge in [-0.05, 0) is 49.9 Å². The first kappa shape index (κ1) is 18.4. The first-order valence-electron chi connectivity index (χ1n) is 9.83. The summed E-state index contributed by atoms with van der Waals surface area (Å²) in [5, 5.41) is 4.21. The van der Waals surface area contributed by atoms with Crippen LogP contribution in [-0.2, 0) is 11.2 Å². The molecule has 1 aromatic heterocycles. The van der Waals surface area contributed by atoms with Crippen molar-refractivity contribution >= 4 is 5.91 Å². The summed E-state index contributed by atoms with van der Waals surface area (Å²) >= 11 is 0. The predicted octanol–water partition coefficient (Wildman–Crippen LogP) is 4.30. The molecule has 0 radical (unpaired) electrons. The van der Waals surface area contributed by atoms with Gasteiger partial charge in [0.05, 0.1) is 6.42 Å². The van der Waals surface area contributed by atoms with Crippen LogP contribution in [0.3, 0.4) is 0 Å². The number of aryl methyl sites for hydroxylation is 2. The van der Waals surface area contributed by atoms with Crippen molar-refractivity contribution in [1.82, 2.24) is 15.0 Å². The van der Waals surface area contributed by atoms with Gasteiger partial charge >= 0.3 is 0 Å². The van der Waals surface area contributed by atoms with E-state index in [-0.39, 0.29) is 11.8 Å². The Labute approximate surface area is 165 Å². The number of rotatable bonds is 4. The highest BCUT2D eigenvalue weighted by atomic mass is 16.5. The van der Waals surface area contributed by atoms with Crippen molar-refractivity contribution in [3.8, 4) is 11.5 Å². The third-order valence-corrected chi connectivity index (χ3v) is 5.52. The van der Waals surface area contributed by atoms with Crippen LogP contribution >= 0.6 is 0 Å². The zero-order chi connectivity index (χ0) is 19.5. The van der Waals surface area contributed by atoms with Gasteiger partial charge in [-0.1, -0.05) is 47.1 Å². The van der Waals surface area contributed by atoms with E-state index in [0.717, 1.165) is 48.4 Å². The zero-order valence-corrected chi connectivity index (χ0v) is 16.4. The van der Waals surface area contributed by atoms with Crippen molar-refractivity contribution in [2.75, 3.05) is 13.1 Å². The standard InChI is InChI=1S/C23H25N3O2/c1-16-6-5-9-20(14-16)23-24-22(25-28-23)18-10-12-26(13-11-18)21(27)15-19-8-4-3-7-17(19)2/h3-9,14,18H,10-13,15H2,1-2H3. The molecule has 0 N–H and O–H groups in total. The van der Waals surface area contributed by atoms with Crippen molar-refractivity contribution in [2.24, 2.45) is 0 Å². The van der Waals surface area contributed by atoms with E-state index in [1.165, 1.54) is 5.56 Å². The van der Waals surface area contributed by atoms with Gasteiger partial charge in [-0.15, -0.1) is 0 Å². The van der Waals surface area contributed by atoms with Gasteiger partial charge in [-0.2, -0.15) is 4.98 Å². The lowest BCUT2D eigenvalue weighted by Gasteiger charge is -2.30. The maximum atomic E-state index is 12.7.